The monoisotopic (exact) mass is 439 g/mol. The van der Waals surface area contributed by atoms with Crippen LogP contribution in [0.3, 0.4) is 0 Å². The maximum absolute atomic E-state index is 13.1. The minimum absolute atomic E-state index is 0.0489. The summed E-state index contributed by atoms with van der Waals surface area (Å²) >= 11 is 0. The Bertz CT molecular complexity index is 925. The molecule has 0 aliphatic rings. The summed E-state index contributed by atoms with van der Waals surface area (Å²) in [7, 11) is 1.56. The van der Waals surface area contributed by atoms with E-state index in [9.17, 15) is 14.4 Å². The number of carbonyl (C=O) groups is 3. The van der Waals surface area contributed by atoms with Crippen molar-refractivity contribution in [3.8, 4) is 5.75 Å². The van der Waals surface area contributed by atoms with Crippen LogP contribution in [0.15, 0.2) is 48.5 Å². The molecule has 172 valence electrons. The van der Waals surface area contributed by atoms with Gasteiger partial charge in [0.1, 0.15) is 11.8 Å². The zero-order valence-corrected chi connectivity index (χ0v) is 19.4. The van der Waals surface area contributed by atoms with Crippen molar-refractivity contribution in [2.45, 2.75) is 40.2 Å². The molecular weight excluding hydrogens is 406 g/mol. The maximum Gasteiger partial charge on any atom is 0.255 e. The van der Waals surface area contributed by atoms with Crippen LogP contribution < -0.4 is 20.7 Å². The number of nitrogens with one attached hydrogen (secondary N) is 3. The van der Waals surface area contributed by atoms with Gasteiger partial charge in [0.2, 0.25) is 5.91 Å². The van der Waals surface area contributed by atoms with E-state index in [0.29, 0.717) is 35.0 Å². The summed E-state index contributed by atoms with van der Waals surface area (Å²) in [5.41, 5.74) is 1.10. The van der Waals surface area contributed by atoms with Crippen LogP contribution in [-0.4, -0.2) is 37.4 Å². The van der Waals surface area contributed by atoms with E-state index >= 15 is 0 Å². The standard InChI is InChI=1S/C25H33N3O4/c1-6-17(4)22(25(31)26-15-16(2)3)28-24(30)20-9-7-8-10-21(20)27-23(29)18-11-13-19(32-5)14-12-18/h7-14,16-17,22H,6,15H2,1-5H3,(H,26,31)(H,27,29)(H,28,30)/t17-,22-/m1/s1. The zero-order valence-electron chi connectivity index (χ0n) is 19.4. The second-order valence-corrected chi connectivity index (χ2v) is 8.20. The topological polar surface area (TPSA) is 96.5 Å². The molecule has 0 fully saturated rings. The van der Waals surface area contributed by atoms with Gasteiger partial charge in [0.05, 0.1) is 18.4 Å². The quantitative estimate of drug-likeness (QED) is 0.524. The third-order valence-corrected chi connectivity index (χ3v) is 5.24. The number of carbonyl (C=O) groups excluding carboxylic acids is 3. The Kier molecular flexibility index (Phi) is 9.25. The SMILES string of the molecule is CC[C@@H](C)[C@@H](NC(=O)c1ccccc1NC(=O)c1ccc(OC)cc1)C(=O)NCC(C)C. The van der Waals surface area contributed by atoms with Gasteiger partial charge >= 0.3 is 0 Å². The largest absolute Gasteiger partial charge is 0.497 e. The molecule has 0 saturated heterocycles. The third kappa shape index (κ3) is 6.83. The number of hydrogen-bond donors (Lipinski definition) is 3. The highest BCUT2D eigenvalue weighted by atomic mass is 16.5. The molecule has 0 bridgehead atoms. The number of hydrogen-bond acceptors (Lipinski definition) is 4. The fraction of sp³-hybridized carbons (Fsp3) is 0.400. The first-order valence-corrected chi connectivity index (χ1v) is 10.9. The molecule has 2 aromatic carbocycles. The molecule has 32 heavy (non-hydrogen) atoms. The second-order valence-electron chi connectivity index (χ2n) is 8.20. The van der Waals surface area contributed by atoms with Crippen molar-refractivity contribution in [1.29, 1.82) is 0 Å². The van der Waals surface area contributed by atoms with E-state index in [1.54, 1.807) is 55.6 Å². The molecule has 2 rings (SSSR count). The molecule has 0 unspecified atom stereocenters. The molecule has 0 radical (unpaired) electrons. The van der Waals surface area contributed by atoms with E-state index in [2.05, 4.69) is 16.0 Å². The summed E-state index contributed by atoms with van der Waals surface area (Å²) < 4.78 is 5.12. The molecule has 7 heteroatoms. The minimum Gasteiger partial charge on any atom is -0.497 e. The molecule has 0 aromatic heterocycles. The van der Waals surface area contributed by atoms with Crippen molar-refractivity contribution in [2.24, 2.45) is 11.8 Å². The number of methoxy groups -OCH3 is 1. The van der Waals surface area contributed by atoms with Crippen LogP contribution in [0.5, 0.6) is 5.75 Å². The molecule has 2 atom stereocenters. The average molecular weight is 440 g/mol. The zero-order chi connectivity index (χ0) is 23.7. The van der Waals surface area contributed by atoms with Crippen molar-refractivity contribution in [1.82, 2.24) is 10.6 Å². The molecule has 3 N–H and O–H groups in total. The third-order valence-electron chi connectivity index (χ3n) is 5.24. The lowest BCUT2D eigenvalue weighted by Crippen LogP contribution is -2.50. The molecule has 2 aromatic rings. The Morgan fingerprint density at radius 3 is 2.19 bits per heavy atom. The first-order valence-electron chi connectivity index (χ1n) is 10.9. The summed E-state index contributed by atoms with van der Waals surface area (Å²) in [6.45, 7) is 8.47. The Morgan fingerprint density at radius 1 is 0.938 bits per heavy atom. The second kappa shape index (κ2) is 11.9. The molecule has 0 aliphatic carbocycles. The van der Waals surface area contributed by atoms with E-state index < -0.39 is 11.9 Å². The van der Waals surface area contributed by atoms with E-state index in [1.807, 2.05) is 27.7 Å². The Labute approximate surface area is 189 Å². The van der Waals surface area contributed by atoms with Crippen LogP contribution >= 0.6 is 0 Å². The molecule has 0 heterocycles. The van der Waals surface area contributed by atoms with Crippen LogP contribution in [0.1, 0.15) is 54.8 Å². The van der Waals surface area contributed by atoms with E-state index in [4.69, 9.17) is 4.74 Å². The normalized spacial score (nSPS) is 12.6. The maximum atomic E-state index is 13.1. The van der Waals surface area contributed by atoms with Gasteiger partial charge in [-0.25, -0.2) is 0 Å². The number of rotatable bonds is 10. The van der Waals surface area contributed by atoms with E-state index in [-0.39, 0.29) is 17.7 Å². The fourth-order valence-corrected chi connectivity index (χ4v) is 3.06. The van der Waals surface area contributed by atoms with Crippen LogP contribution in [-0.2, 0) is 4.79 Å². The number of benzene rings is 2. The molecule has 0 saturated carbocycles. The molecule has 3 amide bonds. The van der Waals surface area contributed by atoms with Crippen LogP contribution in [0.2, 0.25) is 0 Å². The van der Waals surface area contributed by atoms with Gasteiger partial charge in [-0.05, 0) is 48.2 Å². The summed E-state index contributed by atoms with van der Waals surface area (Å²) in [5.74, 6) is -0.0655. The first-order chi connectivity index (χ1) is 15.3. The highest BCUT2D eigenvalue weighted by molar-refractivity contribution is 6.09. The van der Waals surface area contributed by atoms with Gasteiger partial charge in [0.25, 0.3) is 11.8 Å². The van der Waals surface area contributed by atoms with Gasteiger partial charge in [-0.1, -0.05) is 46.2 Å². The number of para-hydroxylation sites is 1. The highest BCUT2D eigenvalue weighted by Crippen LogP contribution is 2.19. The van der Waals surface area contributed by atoms with Crippen LogP contribution in [0, 0.1) is 11.8 Å². The minimum atomic E-state index is -0.670. The lowest BCUT2D eigenvalue weighted by atomic mass is 9.97. The van der Waals surface area contributed by atoms with Crippen molar-refractivity contribution < 1.29 is 19.1 Å². The summed E-state index contributed by atoms with van der Waals surface area (Å²) in [6, 6.07) is 12.8. The highest BCUT2D eigenvalue weighted by Gasteiger charge is 2.27. The van der Waals surface area contributed by atoms with E-state index in [0.717, 1.165) is 6.42 Å². The van der Waals surface area contributed by atoms with Gasteiger partial charge in [-0.2, -0.15) is 0 Å². The molecule has 7 nitrogen and oxygen atoms in total. The lowest BCUT2D eigenvalue weighted by molar-refractivity contribution is -0.124. The van der Waals surface area contributed by atoms with Gasteiger partial charge in [0.15, 0.2) is 0 Å². The summed E-state index contributed by atoms with van der Waals surface area (Å²) in [6.07, 6.45) is 0.732. The van der Waals surface area contributed by atoms with Crippen molar-refractivity contribution in [3.63, 3.8) is 0 Å². The van der Waals surface area contributed by atoms with Crippen LogP contribution in [0.4, 0.5) is 5.69 Å². The van der Waals surface area contributed by atoms with Crippen molar-refractivity contribution in [2.75, 3.05) is 19.0 Å². The number of ether oxygens (including phenoxy) is 1. The van der Waals surface area contributed by atoms with E-state index in [1.165, 1.54) is 0 Å². The predicted octanol–water partition coefficient (Wildman–Crippen LogP) is 3.86. The Morgan fingerprint density at radius 2 is 1.59 bits per heavy atom. The number of amides is 3. The van der Waals surface area contributed by atoms with Gasteiger partial charge in [0, 0.05) is 12.1 Å². The molecule has 0 aliphatic heterocycles. The van der Waals surface area contributed by atoms with Crippen molar-refractivity contribution in [3.05, 3.63) is 59.7 Å². The lowest BCUT2D eigenvalue weighted by Gasteiger charge is -2.24. The first kappa shape index (κ1) is 24.9. The predicted molar refractivity (Wildman–Crippen MR) is 126 cm³/mol. The fourth-order valence-electron chi connectivity index (χ4n) is 3.06. The molecular formula is C25H33N3O4. The summed E-state index contributed by atoms with van der Waals surface area (Å²) in [4.78, 5) is 38.5. The smallest absolute Gasteiger partial charge is 0.255 e. The summed E-state index contributed by atoms with van der Waals surface area (Å²) in [5, 5.41) is 8.55. The van der Waals surface area contributed by atoms with Gasteiger partial charge in [-0.15, -0.1) is 0 Å². The van der Waals surface area contributed by atoms with Gasteiger partial charge < -0.3 is 20.7 Å². The Balaban J connectivity index is 2.18. The average Bonchev–Trinajstić information content (AvgIpc) is 2.80. The van der Waals surface area contributed by atoms with Crippen molar-refractivity contribution >= 4 is 23.4 Å². The molecule has 0 spiro atoms. The number of anilines is 1. The Hall–Kier alpha value is -3.35. The van der Waals surface area contributed by atoms with Crippen LogP contribution in [0.25, 0.3) is 0 Å². The van der Waals surface area contributed by atoms with Gasteiger partial charge in [-0.3, -0.25) is 14.4 Å².